The molecule has 0 aliphatic rings. The summed E-state index contributed by atoms with van der Waals surface area (Å²) in [5, 5.41) is 0. The third-order valence-corrected chi connectivity index (χ3v) is 2.83. The summed E-state index contributed by atoms with van der Waals surface area (Å²) in [4.78, 5) is 27.0. The second-order valence-corrected chi connectivity index (χ2v) is 5.89. The highest BCUT2D eigenvalue weighted by Gasteiger charge is 2.31. The molecule has 0 aromatic heterocycles. The molecule has 0 aliphatic heterocycles. The van der Waals surface area contributed by atoms with Gasteiger partial charge in [-0.3, -0.25) is 9.59 Å². The van der Waals surface area contributed by atoms with Crippen LogP contribution in [0.5, 0.6) is 0 Å². The van der Waals surface area contributed by atoms with Gasteiger partial charge in [-0.2, -0.15) is 0 Å². The summed E-state index contributed by atoms with van der Waals surface area (Å²) in [5.41, 5.74) is 5.66. The van der Waals surface area contributed by atoms with Crippen LogP contribution >= 0.6 is 0 Å². The molecule has 0 aromatic carbocycles. The summed E-state index contributed by atoms with van der Waals surface area (Å²) in [6.07, 6.45) is 0.809. The number of hydrogen-bond donors (Lipinski definition) is 1. The summed E-state index contributed by atoms with van der Waals surface area (Å²) in [6.45, 7) is 8.41. The smallest absolute Gasteiger partial charge is 0.241 e. The predicted molar refractivity (Wildman–Crippen MR) is 73.0 cm³/mol. The highest BCUT2D eigenvalue weighted by molar-refractivity contribution is 5.87. The van der Waals surface area contributed by atoms with Crippen LogP contribution in [0.25, 0.3) is 0 Å². The Morgan fingerprint density at radius 3 is 2.06 bits per heavy atom. The zero-order valence-corrected chi connectivity index (χ0v) is 12.5. The molecule has 0 aromatic rings. The van der Waals surface area contributed by atoms with E-state index >= 15 is 0 Å². The Kier molecular flexibility index (Phi) is 6.32. The van der Waals surface area contributed by atoms with Gasteiger partial charge in [0.25, 0.3) is 0 Å². The van der Waals surface area contributed by atoms with E-state index in [9.17, 15) is 9.59 Å². The molecule has 18 heavy (non-hydrogen) atoms. The minimum atomic E-state index is -0.584. The fourth-order valence-electron chi connectivity index (χ4n) is 1.41. The molecular formula is C13H27N3O2. The van der Waals surface area contributed by atoms with Crippen molar-refractivity contribution < 1.29 is 9.59 Å². The van der Waals surface area contributed by atoms with Crippen LogP contribution in [0.4, 0.5) is 0 Å². The van der Waals surface area contributed by atoms with Crippen LogP contribution in [-0.2, 0) is 9.59 Å². The van der Waals surface area contributed by atoms with Crippen LogP contribution in [0, 0.1) is 5.41 Å². The highest BCUT2D eigenvalue weighted by Crippen LogP contribution is 2.19. The number of rotatable bonds is 5. The molecule has 0 saturated heterocycles. The van der Waals surface area contributed by atoms with Crippen molar-refractivity contribution in [3.8, 4) is 0 Å². The minimum Gasteiger partial charge on any atom is -0.347 e. The van der Waals surface area contributed by atoms with Crippen molar-refractivity contribution in [1.82, 2.24) is 9.80 Å². The quantitative estimate of drug-likeness (QED) is 0.788. The van der Waals surface area contributed by atoms with Gasteiger partial charge in [0, 0.05) is 20.6 Å². The first kappa shape index (κ1) is 16.9. The van der Waals surface area contributed by atoms with E-state index in [1.54, 1.807) is 19.0 Å². The molecule has 0 aliphatic carbocycles. The Hall–Kier alpha value is -1.10. The van der Waals surface area contributed by atoms with Crippen LogP contribution < -0.4 is 5.73 Å². The van der Waals surface area contributed by atoms with Gasteiger partial charge >= 0.3 is 0 Å². The lowest BCUT2D eigenvalue weighted by Gasteiger charge is -2.32. The zero-order valence-electron chi connectivity index (χ0n) is 12.5. The van der Waals surface area contributed by atoms with Crippen LogP contribution in [0.15, 0.2) is 0 Å². The molecule has 0 bridgehead atoms. The third kappa shape index (κ3) is 5.04. The molecule has 0 saturated carbocycles. The fourth-order valence-corrected chi connectivity index (χ4v) is 1.41. The van der Waals surface area contributed by atoms with Crippen molar-refractivity contribution in [3.05, 3.63) is 0 Å². The zero-order chi connectivity index (χ0) is 14.5. The number of nitrogens with zero attached hydrogens (tertiary/aromatic N) is 2. The number of hydrogen-bond acceptors (Lipinski definition) is 3. The first-order chi connectivity index (χ1) is 8.11. The van der Waals surface area contributed by atoms with Crippen molar-refractivity contribution in [1.29, 1.82) is 0 Å². The second kappa shape index (κ2) is 6.73. The Balaban J connectivity index is 4.79. The highest BCUT2D eigenvalue weighted by atomic mass is 16.2. The van der Waals surface area contributed by atoms with Gasteiger partial charge < -0.3 is 15.5 Å². The van der Waals surface area contributed by atoms with Crippen LogP contribution in [0.2, 0.25) is 0 Å². The molecule has 106 valence electrons. The molecule has 5 nitrogen and oxygen atoms in total. The Morgan fingerprint density at radius 2 is 1.72 bits per heavy atom. The molecule has 1 atom stereocenters. The minimum absolute atomic E-state index is 0.0853. The van der Waals surface area contributed by atoms with Gasteiger partial charge in [0.15, 0.2) is 0 Å². The maximum atomic E-state index is 12.3. The number of likely N-dealkylation sites (N-methyl/N-ethyl adjacent to an activating group) is 1. The first-order valence-corrected chi connectivity index (χ1v) is 6.35. The Labute approximate surface area is 110 Å². The topological polar surface area (TPSA) is 66.6 Å². The Bertz CT molecular complexity index is 295. The molecule has 0 spiro atoms. The lowest BCUT2D eigenvalue weighted by Crippen LogP contribution is -2.52. The number of carbonyl (C=O) groups is 2. The number of amides is 2. The van der Waals surface area contributed by atoms with Gasteiger partial charge in [-0.25, -0.2) is 0 Å². The standard InChI is InChI=1S/C13H27N3O2/c1-7-8-16(9-10(17)15(5)6)12(18)11(14)13(2,3)4/h11H,7-9,14H2,1-6H3/t11-/m1/s1. The molecule has 0 rings (SSSR count). The van der Waals surface area contributed by atoms with Gasteiger partial charge in [-0.1, -0.05) is 27.7 Å². The molecule has 0 heterocycles. The van der Waals surface area contributed by atoms with Crippen LogP contribution in [-0.4, -0.2) is 54.8 Å². The average molecular weight is 257 g/mol. The van der Waals surface area contributed by atoms with E-state index in [0.717, 1.165) is 6.42 Å². The summed E-state index contributed by atoms with van der Waals surface area (Å²) >= 11 is 0. The molecule has 2 amide bonds. The van der Waals surface area contributed by atoms with E-state index in [2.05, 4.69) is 0 Å². The van der Waals surface area contributed by atoms with Crippen molar-refractivity contribution in [2.45, 2.75) is 40.2 Å². The van der Waals surface area contributed by atoms with Crippen molar-refractivity contribution in [2.24, 2.45) is 11.1 Å². The van der Waals surface area contributed by atoms with Crippen molar-refractivity contribution in [2.75, 3.05) is 27.2 Å². The van der Waals surface area contributed by atoms with Crippen molar-refractivity contribution >= 4 is 11.8 Å². The monoisotopic (exact) mass is 257 g/mol. The summed E-state index contributed by atoms with van der Waals surface area (Å²) < 4.78 is 0. The summed E-state index contributed by atoms with van der Waals surface area (Å²) in [6, 6.07) is -0.584. The van der Waals surface area contributed by atoms with Crippen molar-refractivity contribution in [3.63, 3.8) is 0 Å². The van der Waals surface area contributed by atoms with E-state index in [-0.39, 0.29) is 23.8 Å². The van der Waals surface area contributed by atoms with Crippen LogP contribution in [0.1, 0.15) is 34.1 Å². The van der Waals surface area contributed by atoms with Gasteiger partial charge in [0.1, 0.15) is 0 Å². The molecule has 0 radical (unpaired) electrons. The van der Waals surface area contributed by atoms with Crippen LogP contribution in [0.3, 0.4) is 0 Å². The summed E-state index contributed by atoms with van der Waals surface area (Å²) in [5.74, 6) is -0.238. The molecule has 5 heteroatoms. The SMILES string of the molecule is CCCN(CC(=O)N(C)C)C(=O)[C@@H](N)C(C)(C)C. The van der Waals surface area contributed by atoms with E-state index < -0.39 is 6.04 Å². The average Bonchev–Trinajstić information content (AvgIpc) is 2.24. The normalized spacial score (nSPS) is 13.1. The third-order valence-electron chi connectivity index (χ3n) is 2.83. The molecular weight excluding hydrogens is 230 g/mol. The van der Waals surface area contributed by atoms with Gasteiger partial charge in [0.2, 0.25) is 11.8 Å². The fraction of sp³-hybridized carbons (Fsp3) is 0.846. The van der Waals surface area contributed by atoms with Gasteiger partial charge in [0.05, 0.1) is 12.6 Å². The first-order valence-electron chi connectivity index (χ1n) is 6.35. The molecule has 0 fully saturated rings. The predicted octanol–water partition coefficient (Wildman–Crippen LogP) is 0.687. The number of nitrogens with two attached hydrogens (primary N) is 1. The van der Waals surface area contributed by atoms with E-state index in [0.29, 0.717) is 6.54 Å². The van der Waals surface area contributed by atoms with Gasteiger partial charge in [-0.15, -0.1) is 0 Å². The Morgan fingerprint density at radius 1 is 1.22 bits per heavy atom. The maximum Gasteiger partial charge on any atom is 0.241 e. The van der Waals surface area contributed by atoms with E-state index in [1.165, 1.54) is 4.90 Å². The largest absolute Gasteiger partial charge is 0.347 e. The van der Waals surface area contributed by atoms with E-state index in [1.807, 2.05) is 27.7 Å². The lowest BCUT2D eigenvalue weighted by molar-refractivity contribution is -0.141. The molecule has 0 unspecified atom stereocenters. The summed E-state index contributed by atoms with van der Waals surface area (Å²) in [7, 11) is 3.36. The van der Waals surface area contributed by atoms with E-state index in [4.69, 9.17) is 5.73 Å². The molecule has 2 N–H and O–H groups in total. The van der Waals surface area contributed by atoms with Gasteiger partial charge in [-0.05, 0) is 11.8 Å². The number of carbonyl (C=O) groups excluding carboxylic acids is 2. The second-order valence-electron chi connectivity index (χ2n) is 5.89. The lowest BCUT2D eigenvalue weighted by atomic mass is 9.86. The maximum absolute atomic E-state index is 12.3.